The number of rotatable bonds is 4. The van der Waals surface area contributed by atoms with Crippen LogP contribution < -0.4 is 10.6 Å². The molecule has 1 unspecified atom stereocenters. The Morgan fingerprint density at radius 2 is 1.80 bits per heavy atom. The van der Waals surface area contributed by atoms with Crippen LogP contribution in [-0.2, 0) is 4.79 Å². The molecule has 0 aromatic carbocycles. The summed E-state index contributed by atoms with van der Waals surface area (Å²) in [4.78, 5) is 12.1. The fourth-order valence-electron chi connectivity index (χ4n) is 4.54. The summed E-state index contributed by atoms with van der Waals surface area (Å²) in [6.07, 6.45) is 12.4. The van der Waals surface area contributed by atoms with Crippen LogP contribution in [0.3, 0.4) is 0 Å². The van der Waals surface area contributed by atoms with Crippen molar-refractivity contribution in [2.45, 2.75) is 70.3 Å². The third-order valence-corrected chi connectivity index (χ3v) is 5.82. The van der Waals surface area contributed by atoms with Gasteiger partial charge in [0.1, 0.15) is 0 Å². The number of carbonyl (C=O) groups excluding carboxylic acids is 1. The van der Waals surface area contributed by atoms with Crippen LogP contribution in [0, 0.1) is 17.8 Å². The maximum Gasteiger partial charge on any atom is 0.220 e. The molecule has 3 rings (SSSR count). The highest BCUT2D eigenvalue weighted by molar-refractivity contribution is 5.76. The standard InChI is InChI=1S/C17H30N2O/c20-17(9-6-13-4-2-1-3-5-13)19-16-8-7-14-11-18-12-15(14)10-16/h13-16,18H,1-12H2,(H,19,20)/t14-,15+,16?/m0/s1. The van der Waals surface area contributed by atoms with E-state index in [4.69, 9.17) is 0 Å². The van der Waals surface area contributed by atoms with Crippen molar-refractivity contribution in [2.75, 3.05) is 13.1 Å². The van der Waals surface area contributed by atoms with Gasteiger partial charge in [0, 0.05) is 12.5 Å². The first kappa shape index (κ1) is 14.4. The van der Waals surface area contributed by atoms with Gasteiger partial charge in [-0.05, 0) is 56.5 Å². The average molecular weight is 278 g/mol. The maximum atomic E-state index is 12.1. The van der Waals surface area contributed by atoms with Gasteiger partial charge in [-0.2, -0.15) is 0 Å². The molecule has 114 valence electrons. The zero-order valence-corrected chi connectivity index (χ0v) is 12.7. The normalized spacial score (nSPS) is 34.7. The lowest BCUT2D eigenvalue weighted by Gasteiger charge is -2.31. The number of amides is 1. The van der Waals surface area contributed by atoms with Crippen molar-refractivity contribution in [3.05, 3.63) is 0 Å². The van der Waals surface area contributed by atoms with Crippen LogP contribution in [0.4, 0.5) is 0 Å². The fraction of sp³-hybridized carbons (Fsp3) is 0.941. The van der Waals surface area contributed by atoms with Crippen molar-refractivity contribution < 1.29 is 4.79 Å². The molecule has 2 N–H and O–H groups in total. The molecule has 0 spiro atoms. The van der Waals surface area contributed by atoms with Crippen LogP contribution >= 0.6 is 0 Å². The van der Waals surface area contributed by atoms with E-state index in [0.717, 1.165) is 30.6 Å². The van der Waals surface area contributed by atoms with Crippen LogP contribution in [0.25, 0.3) is 0 Å². The van der Waals surface area contributed by atoms with Crippen molar-refractivity contribution in [3.63, 3.8) is 0 Å². The van der Waals surface area contributed by atoms with E-state index < -0.39 is 0 Å². The summed E-state index contributed by atoms with van der Waals surface area (Å²) in [5, 5.41) is 6.80. The Labute approximate surface area is 123 Å². The largest absolute Gasteiger partial charge is 0.353 e. The van der Waals surface area contributed by atoms with Crippen molar-refractivity contribution in [2.24, 2.45) is 17.8 Å². The topological polar surface area (TPSA) is 41.1 Å². The summed E-state index contributed by atoms with van der Waals surface area (Å²) in [6.45, 7) is 2.37. The summed E-state index contributed by atoms with van der Waals surface area (Å²) < 4.78 is 0. The van der Waals surface area contributed by atoms with Crippen molar-refractivity contribution >= 4 is 5.91 Å². The zero-order valence-electron chi connectivity index (χ0n) is 12.7. The monoisotopic (exact) mass is 278 g/mol. The lowest BCUT2D eigenvalue weighted by Crippen LogP contribution is -2.40. The van der Waals surface area contributed by atoms with Gasteiger partial charge < -0.3 is 10.6 Å². The Balaban J connectivity index is 1.36. The lowest BCUT2D eigenvalue weighted by atomic mass is 9.79. The molecule has 2 saturated carbocycles. The molecule has 1 heterocycles. The Morgan fingerprint density at radius 3 is 2.65 bits per heavy atom. The maximum absolute atomic E-state index is 12.1. The van der Waals surface area contributed by atoms with E-state index in [1.165, 1.54) is 64.5 Å². The van der Waals surface area contributed by atoms with Crippen molar-refractivity contribution in [3.8, 4) is 0 Å². The fourth-order valence-corrected chi connectivity index (χ4v) is 4.54. The molecule has 1 amide bonds. The minimum atomic E-state index is 0.310. The average Bonchev–Trinajstić information content (AvgIpc) is 2.94. The first-order chi connectivity index (χ1) is 9.81. The molecule has 0 bridgehead atoms. The molecule has 1 aliphatic heterocycles. The molecule has 0 aromatic rings. The molecular weight excluding hydrogens is 248 g/mol. The highest BCUT2D eigenvalue weighted by Gasteiger charge is 2.34. The third kappa shape index (κ3) is 3.75. The molecule has 3 fully saturated rings. The van der Waals surface area contributed by atoms with Gasteiger partial charge in [-0.15, -0.1) is 0 Å². The van der Waals surface area contributed by atoms with Crippen LogP contribution in [0.2, 0.25) is 0 Å². The quantitative estimate of drug-likeness (QED) is 0.830. The third-order valence-electron chi connectivity index (χ3n) is 5.82. The Bertz CT molecular complexity index is 325. The Hall–Kier alpha value is -0.570. The number of hydrogen-bond acceptors (Lipinski definition) is 2. The molecule has 3 atom stereocenters. The zero-order chi connectivity index (χ0) is 13.8. The van der Waals surface area contributed by atoms with E-state index in [-0.39, 0.29) is 0 Å². The van der Waals surface area contributed by atoms with Crippen molar-refractivity contribution in [1.29, 1.82) is 0 Å². The van der Waals surface area contributed by atoms with Gasteiger partial charge in [-0.1, -0.05) is 32.1 Å². The number of fused-ring (bicyclic) bond motifs is 1. The highest BCUT2D eigenvalue weighted by atomic mass is 16.1. The van der Waals surface area contributed by atoms with Gasteiger partial charge in [0.15, 0.2) is 0 Å². The minimum absolute atomic E-state index is 0.310. The first-order valence-corrected chi connectivity index (χ1v) is 8.81. The van der Waals surface area contributed by atoms with E-state index in [0.29, 0.717) is 11.9 Å². The minimum Gasteiger partial charge on any atom is -0.353 e. The van der Waals surface area contributed by atoms with Gasteiger partial charge in [0.2, 0.25) is 5.91 Å². The lowest BCUT2D eigenvalue weighted by molar-refractivity contribution is -0.122. The van der Waals surface area contributed by atoms with Crippen LogP contribution in [0.1, 0.15) is 64.2 Å². The highest BCUT2D eigenvalue weighted by Crippen LogP contribution is 2.32. The predicted octanol–water partition coefficient (Wildman–Crippen LogP) is 2.85. The van der Waals surface area contributed by atoms with Crippen LogP contribution in [0.5, 0.6) is 0 Å². The second-order valence-corrected chi connectivity index (χ2v) is 7.30. The Kier molecular flexibility index (Phi) is 4.98. The summed E-state index contributed by atoms with van der Waals surface area (Å²) in [5.41, 5.74) is 0. The number of nitrogens with one attached hydrogen (secondary N) is 2. The molecule has 0 radical (unpaired) electrons. The SMILES string of the molecule is O=C(CCC1CCCCC1)NC1CC[C@H]2CNC[C@H]2C1. The Morgan fingerprint density at radius 1 is 1.00 bits per heavy atom. The van der Waals surface area contributed by atoms with Gasteiger partial charge in [0.25, 0.3) is 0 Å². The molecule has 3 aliphatic rings. The molecule has 0 aromatic heterocycles. The van der Waals surface area contributed by atoms with Crippen LogP contribution in [-0.4, -0.2) is 25.0 Å². The molecule has 2 aliphatic carbocycles. The second kappa shape index (κ2) is 6.93. The van der Waals surface area contributed by atoms with Gasteiger partial charge in [0.05, 0.1) is 0 Å². The van der Waals surface area contributed by atoms with Gasteiger partial charge >= 0.3 is 0 Å². The second-order valence-electron chi connectivity index (χ2n) is 7.30. The van der Waals surface area contributed by atoms with E-state index in [2.05, 4.69) is 10.6 Å². The summed E-state index contributed by atoms with van der Waals surface area (Å²) in [5.74, 6) is 2.83. The number of hydrogen-bond donors (Lipinski definition) is 2. The summed E-state index contributed by atoms with van der Waals surface area (Å²) >= 11 is 0. The van der Waals surface area contributed by atoms with Gasteiger partial charge in [-0.25, -0.2) is 0 Å². The smallest absolute Gasteiger partial charge is 0.220 e. The molecule has 3 nitrogen and oxygen atoms in total. The van der Waals surface area contributed by atoms with E-state index >= 15 is 0 Å². The van der Waals surface area contributed by atoms with Crippen LogP contribution in [0.15, 0.2) is 0 Å². The first-order valence-electron chi connectivity index (χ1n) is 8.81. The van der Waals surface area contributed by atoms with E-state index in [1.54, 1.807) is 0 Å². The molecular formula is C17H30N2O. The van der Waals surface area contributed by atoms with E-state index in [1.807, 2.05) is 0 Å². The number of carbonyl (C=O) groups is 1. The summed E-state index contributed by atoms with van der Waals surface area (Å²) in [7, 11) is 0. The molecule has 3 heteroatoms. The molecule has 20 heavy (non-hydrogen) atoms. The predicted molar refractivity (Wildman–Crippen MR) is 81.4 cm³/mol. The molecule has 1 saturated heterocycles. The van der Waals surface area contributed by atoms with Gasteiger partial charge in [-0.3, -0.25) is 4.79 Å². The van der Waals surface area contributed by atoms with Crippen molar-refractivity contribution in [1.82, 2.24) is 10.6 Å². The van der Waals surface area contributed by atoms with E-state index in [9.17, 15) is 4.79 Å². The summed E-state index contributed by atoms with van der Waals surface area (Å²) in [6, 6.07) is 0.454.